The second kappa shape index (κ2) is 6.14. The van der Waals surface area contributed by atoms with E-state index in [-0.39, 0.29) is 17.9 Å². The first-order chi connectivity index (χ1) is 9.61. The summed E-state index contributed by atoms with van der Waals surface area (Å²) in [6.07, 6.45) is 0. The Hall–Kier alpha value is -2.43. The van der Waals surface area contributed by atoms with Crippen molar-refractivity contribution in [2.75, 3.05) is 11.9 Å². The van der Waals surface area contributed by atoms with Gasteiger partial charge in [-0.15, -0.1) is 0 Å². The quantitative estimate of drug-likeness (QED) is 0.862. The van der Waals surface area contributed by atoms with Crippen LogP contribution in [0.15, 0.2) is 42.5 Å². The maximum Gasteiger partial charge on any atom is 0.340 e. The van der Waals surface area contributed by atoms with Crippen LogP contribution >= 0.6 is 0 Å². The maximum atomic E-state index is 13.6. The molecule has 0 aliphatic carbocycles. The smallest absolute Gasteiger partial charge is 0.340 e. The standard InChI is InChI=1S/C15H13F2NO2/c1-2-20-15(19)11-5-3-4-6-13(11)18-14-8-7-10(16)9-12(14)17/h3-9,18H,2H2,1H3. The van der Waals surface area contributed by atoms with Gasteiger partial charge in [0.15, 0.2) is 0 Å². The number of nitrogens with one attached hydrogen (secondary N) is 1. The molecule has 104 valence electrons. The number of rotatable bonds is 4. The van der Waals surface area contributed by atoms with Gasteiger partial charge in [0, 0.05) is 6.07 Å². The molecule has 1 N–H and O–H groups in total. The Morgan fingerprint density at radius 2 is 1.90 bits per heavy atom. The Bertz CT molecular complexity index is 629. The van der Waals surface area contributed by atoms with Gasteiger partial charge in [0.1, 0.15) is 11.6 Å². The number of hydrogen-bond donors (Lipinski definition) is 1. The number of halogens is 2. The van der Waals surface area contributed by atoms with Crippen LogP contribution in [0.5, 0.6) is 0 Å². The summed E-state index contributed by atoms with van der Waals surface area (Å²) in [5.41, 5.74) is 0.776. The van der Waals surface area contributed by atoms with Crippen molar-refractivity contribution in [2.24, 2.45) is 0 Å². The first-order valence-electron chi connectivity index (χ1n) is 6.10. The zero-order valence-corrected chi connectivity index (χ0v) is 10.8. The van der Waals surface area contributed by atoms with Gasteiger partial charge in [-0.25, -0.2) is 13.6 Å². The molecule has 3 nitrogen and oxygen atoms in total. The fourth-order valence-electron chi connectivity index (χ4n) is 1.71. The van der Waals surface area contributed by atoms with Crippen molar-refractivity contribution < 1.29 is 18.3 Å². The second-order valence-corrected chi connectivity index (χ2v) is 4.02. The summed E-state index contributed by atoms with van der Waals surface area (Å²) in [6.45, 7) is 1.95. The molecule has 0 aliphatic rings. The molecule has 0 heterocycles. The molecule has 2 aromatic carbocycles. The van der Waals surface area contributed by atoms with E-state index in [4.69, 9.17) is 4.74 Å². The van der Waals surface area contributed by atoms with Crippen LogP contribution < -0.4 is 5.32 Å². The lowest BCUT2D eigenvalue weighted by molar-refractivity contribution is 0.0527. The fourth-order valence-corrected chi connectivity index (χ4v) is 1.71. The van der Waals surface area contributed by atoms with Gasteiger partial charge in [0.25, 0.3) is 0 Å². The van der Waals surface area contributed by atoms with Gasteiger partial charge in [-0.05, 0) is 31.2 Å². The molecule has 0 radical (unpaired) electrons. The summed E-state index contributed by atoms with van der Waals surface area (Å²) < 4.78 is 31.4. The summed E-state index contributed by atoms with van der Waals surface area (Å²) >= 11 is 0. The van der Waals surface area contributed by atoms with E-state index >= 15 is 0 Å². The van der Waals surface area contributed by atoms with E-state index in [1.54, 1.807) is 31.2 Å². The van der Waals surface area contributed by atoms with Gasteiger partial charge in [-0.3, -0.25) is 0 Å². The van der Waals surface area contributed by atoms with Gasteiger partial charge in [0.2, 0.25) is 0 Å². The SMILES string of the molecule is CCOC(=O)c1ccccc1Nc1ccc(F)cc1F. The van der Waals surface area contributed by atoms with E-state index < -0.39 is 17.6 Å². The highest BCUT2D eigenvalue weighted by Crippen LogP contribution is 2.24. The van der Waals surface area contributed by atoms with Gasteiger partial charge in [-0.1, -0.05) is 12.1 Å². The number of carbonyl (C=O) groups excluding carboxylic acids is 1. The number of anilines is 2. The molecule has 0 fully saturated rings. The molecule has 2 aromatic rings. The molecule has 0 saturated carbocycles. The minimum atomic E-state index is -0.733. The zero-order chi connectivity index (χ0) is 14.5. The topological polar surface area (TPSA) is 38.3 Å². The molecule has 0 unspecified atom stereocenters. The van der Waals surface area contributed by atoms with Gasteiger partial charge >= 0.3 is 5.97 Å². The van der Waals surface area contributed by atoms with Crippen molar-refractivity contribution >= 4 is 17.3 Å². The highest BCUT2D eigenvalue weighted by molar-refractivity contribution is 5.96. The van der Waals surface area contributed by atoms with E-state index in [1.165, 1.54) is 6.07 Å². The molecule has 5 heteroatoms. The Kier molecular flexibility index (Phi) is 4.30. The lowest BCUT2D eigenvalue weighted by Gasteiger charge is -2.11. The number of ether oxygens (including phenoxy) is 1. The van der Waals surface area contributed by atoms with Crippen molar-refractivity contribution in [3.8, 4) is 0 Å². The predicted octanol–water partition coefficient (Wildman–Crippen LogP) is 3.89. The summed E-state index contributed by atoms with van der Waals surface area (Å²) in [7, 11) is 0. The molecular formula is C15H13F2NO2. The van der Waals surface area contributed by atoms with Crippen LogP contribution in [0.1, 0.15) is 17.3 Å². The van der Waals surface area contributed by atoms with E-state index in [0.717, 1.165) is 12.1 Å². The molecule has 0 saturated heterocycles. The van der Waals surface area contributed by atoms with E-state index in [0.29, 0.717) is 5.69 Å². The number of carbonyl (C=O) groups is 1. The molecule has 0 bridgehead atoms. The van der Waals surface area contributed by atoms with Crippen LogP contribution in [0.2, 0.25) is 0 Å². The van der Waals surface area contributed by atoms with Crippen LogP contribution in [-0.4, -0.2) is 12.6 Å². The molecule has 20 heavy (non-hydrogen) atoms. The van der Waals surface area contributed by atoms with Crippen molar-refractivity contribution in [1.29, 1.82) is 0 Å². The van der Waals surface area contributed by atoms with E-state index in [1.807, 2.05) is 0 Å². The van der Waals surface area contributed by atoms with Gasteiger partial charge < -0.3 is 10.1 Å². The normalized spacial score (nSPS) is 10.2. The summed E-state index contributed by atoms with van der Waals surface area (Å²) in [4.78, 5) is 11.8. The summed E-state index contributed by atoms with van der Waals surface area (Å²) in [6, 6.07) is 9.75. The fraction of sp³-hybridized carbons (Fsp3) is 0.133. The van der Waals surface area contributed by atoms with Crippen LogP contribution in [0.25, 0.3) is 0 Å². The predicted molar refractivity (Wildman–Crippen MR) is 72.0 cm³/mol. The van der Waals surface area contributed by atoms with Crippen molar-refractivity contribution in [2.45, 2.75) is 6.92 Å². The first-order valence-corrected chi connectivity index (χ1v) is 6.10. The van der Waals surface area contributed by atoms with Crippen molar-refractivity contribution in [3.05, 3.63) is 59.7 Å². The highest BCUT2D eigenvalue weighted by Gasteiger charge is 2.13. The van der Waals surface area contributed by atoms with Crippen molar-refractivity contribution in [1.82, 2.24) is 0 Å². The van der Waals surface area contributed by atoms with Crippen LogP contribution in [0.3, 0.4) is 0 Å². The Morgan fingerprint density at radius 1 is 1.15 bits per heavy atom. The molecule has 0 aliphatic heterocycles. The third-order valence-electron chi connectivity index (χ3n) is 2.62. The summed E-state index contributed by atoms with van der Waals surface area (Å²) in [5, 5.41) is 2.76. The van der Waals surface area contributed by atoms with Crippen LogP contribution in [0, 0.1) is 11.6 Å². The van der Waals surface area contributed by atoms with E-state index in [9.17, 15) is 13.6 Å². The van der Waals surface area contributed by atoms with Crippen LogP contribution in [-0.2, 0) is 4.74 Å². The lowest BCUT2D eigenvalue weighted by atomic mass is 10.1. The molecular weight excluding hydrogens is 264 g/mol. The highest BCUT2D eigenvalue weighted by atomic mass is 19.1. The molecule has 0 amide bonds. The Morgan fingerprint density at radius 3 is 2.60 bits per heavy atom. The third-order valence-corrected chi connectivity index (χ3v) is 2.62. The minimum absolute atomic E-state index is 0.0862. The minimum Gasteiger partial charge on any atom is -0.462 e. The zero-order valence-electron chi connectivity index (χ0n) is 10.8. The first kappa shape index (κ1) is 14.0. The summed E-state index contributed by atoms with van der Waals surface area (Å²) in [5.74, 6) is -1.89. The average molecular weight is 277 g/mol. The largest absolute Gasteiger partial charge is 0.462 e. The Labute approximate surface area is 115 Å². The number of para-hydroxylation sites is 1. The average Bonchev–Trinajstić information content (AvgIpc) is 2.43. The third kappa shape index (κ3) is 3.12. The lowest BCUT2D eigenvalue weighted by Crippen LogP contribution is -2.08. The molecule has 0 atom stereocenters. The number of hydrogen-bond acceptors (Lipinski definition) is 3. The monoisotopic (exact) mass is 277 g/mol. The van der Waals surface area contributed by atoms with Crippen LogP contribution in [0.4, 0.5) is 20.2 Å². The molecule has 2 rings (SSSR count). The molecule has 0 spiro atoms. The Balaban J connectivity index is 2.31. The molecule has 0 aromatic heterocycles. The van der Waals surface area contributed by atoms with Crippen molar-refractivity contribution in [3.63, 3.8) is 0 Å². The van der Waals surface area contributed by atoms with E-state index in [2.05, 4.69) is 5.32 Å². The van der Waals surface area contributed by atoms with Gasteiger partial charge in [-0.2, -0.15) is 0 Å². The second-order valence-electron chi connectivity index (χ2n) is 4.02. The maximum absolute atomic E-state index is 13.6. The number of esters is 1. The number of benzene rings is 2. The van der Waals surface area contributed by atoms with Gasteiger partial charge in [0.05, 0.1) is 23.5 Å².